The summed E-state index contributed by atoms with van der Waals surface area (Å²) >= 11 is 0. The van der Waals surface area contributed by atoms with E-state index < -0.39 is 26.6 Å². The van der Waals surface area contributed by atoms with Crippen molar-refractivity contribution in [3.8, 4) is 0 Å². The summed E-state index contributed by atoms with van der Waals surface area (Å²) in [7, 11) is -0.969. The van der Waals surface area contributed by atoms with Crippen LogP contribution in [-0.2, 0) is 21.4 Å². The smallest absolute Gasteiger partial charge is 0.251 e. The SMILES string of the molecule is CNC(=O)c1ccc(CN(C)C(=O)C2CCN(S(=O)(=O)c3cc(F)ccc3F)CC2)cc1. The standard InChI is InChI=1S/C22H25F2N3O4S/c1-25-21(28)16-5-3-15(4-6-16)14-26(2)22(29)17-9-11-27(12-10-17)32(30,31)20-13-18(23)7-8-19(20)24/h3-8,13,17H,9-12,14H2,1-2H3,(H,25,28). The molecule has 1 heterocycles. The van der Waals surface area contributed by atoms with Gasteiger partial charge in [0.1, 0.15) is 16.5 Å². The Balaban J connectivity index is 1.60. The first kappa shape index (κ1) is 23.8. The largest absolute Gasteiger partial charge is 0.355 e. The van der Waals surface area contributed by atoms with E-state index in [1.54, 1.807) is 43.3 Å². The van der Waals surface area contributed by atoms with Gasteiger partial charge < -0.3 is 10.2 Å². The van der Waals surface area contributed by atoms with Crippen LogP contribution < -0.4 is 5.32 Å². The minimum Gasteiger partial charge on any atom is -0.355 e. The summed E-state index contributed by atoms with van der Waals surface area (Å²) in [5.41, 5.74) is 1.38. The molecule has 0 atom stereocenters. The monoisotopic (exact) mass is 465 g/mol. The molecule has 7 nitrogen and oxygen atoms in total. The van der Waals surface area contributed by atoms with E-state index in [0.717, 1.165) is 22.0 Å². The summed E-state index contributed by atoms with van der Waals surface area (Å²) in [4.78, 5) is 25.3. The highest BCUT2D eigenvalue weighted by atomic mass is 32.2. The highest BCUT2D eigenvalue weighted by Crippen LogP contribution is 2.27. The molecule has 0 aromatic heterocycles. The number of benzene rings is 2. The van der Waals surface area contributed by atoms with Crippen molar-refractivity contribution >= 4 is 21.8 Å². The lowest BCUT2D eigenvalue weighted by Gasteiger charge is -2.32. The van der Waals surface area contributed by atoms with Crippen LogP contribution in [0.3, 0.4) is 0 Å². The first-order valence-corrected chi connectivity index (χ1v) is 11.6. The van der Waals surface area contributed by atoms with Crippen molar-refractivity contribution < 1.29 is 26.8 Å². The second kappa shape index (κ2) is 9.74. The molecule has 1 saturated heterocycles. The Morgan fingerprint density at radius 3 is 2.31 bits per heavy atom. The number of nitrogens with zero attached hydrogens (tertiary/aromatic N) is 2. The lowest BCUT2D eigenvalue weighted by atomic mass is 9.96. The number of halogens is 2. The summed E-state index contributed by atoms with van der Waals surface area (Å²) in [5, 5.41) is 2.54. The van der Waals surface area contributed by atoms with Gasteiger partial charge in [0.05, 0.1) is 0 Å². The average molecular weight is 466 g/mol. The van der Waals surface area contributed by atoms with Gasteiger partial charge in [0.25, 0.3) is 5.91 Å². The molecule has 1 aliphatic rings. The van der Waals surface area contributed by atoms with Gasteiger partial charge in [0.2, 0.25) is 15.9 Å². The summed E-state index contributed by atoms with van der Waals surface area (Å²) < 4.78 is 53.9. The van der Waals surface area contributed by atoms with E-state index in [-0.39, 0.29) is 43.7 Å². The van der Waals surface area contributed by atoms with Gasteiger partial charge in [0, 0.05) is 45.2 Å². The maximum absolute atomic E-state index is 14.0. The summed E-state index contributed by atoms with van der Waals surface area (Å²) in [5.74, 6) is -2.52. The third-order valence-electron chi connectivity index (χ3n) is 5.55. The van der Waals surface area contributed by atoms with Crippen LogP contribution in [-0.4, -0.2) is 56.6 Å². The second-order valence-electron chi connectivity index (χ2n) is 7.72. The van der Waals surface area contributed by atoms with E-state index in [1.165, 1.54) is 0 Å². The normalized spacial score (nSPS) is 15.4. The molecule has 0 radical (unpaired) electrons. The van der Waals surface area contributed by atoms with E-state index in [2.05, 4.69) is 5.32 Å². The molecule has 0 aliphatic carbocycles. The van der Waals surface area contributed by atoms with Gasteiger partial charge in [0.15, 0.2) is 0 Å². The number of amides is 2. The predicted molar refractivity (Wildman–Crippen MR) is 114 cm³/mol. The molecule has 32 heavy (non-hydrogen) atoms. The number of nitrogens with one attached hydrogen (secondary N) is 1. The van der Waals surface area contributed by atoms with Crippen molar-refractivity contribution in [1.29, 1.82) is 0 Å². The lowest BCUT2D eigenvalue weighted by Crippen LogP contribution is -2.43. The quantitative estimate of drug-likeness (QED) is 0.710. The first-order chi connectivity index (χ1) is 15.1. The van der Waals surface area contributed by atoms with Crippen molar-refractivity contribution in [2.45, 2.75) is 24.3 Å². The van der Waals surface area contributed by atoms with E-state index >= 15 is 0 Å². The molecule has 0 spiro atoms. The minimum absolute atomic E-state index is 0.0450. The maximum atomic E-state index is 14.0. The van der Waals surface area contributed by atoms with Gasteiger partial charge in [-0.3, -0.25) is 9.59 Å². The van der Waals surface area contributed by atoms with Gasteiger partial charge in [-0.2, -0.15) is 4.31 Å². The minimum atomic E-state index is -4.19. The highest BCUT2D eigenvalue weighted by Gasteiger charge is 2.34. The zero-order valence-corrected chi connectivity index (χ0v) is 18.7. The van der Waals surface area contributed by atoms with Crippen molar-refractivity contribution in [3.63, 3.8) is 0 Å². The Bertz CT molecular complexity index is 1100. The third-order valence-corrected chi connectivity index (χ3v) is 7.47. The van der Waals surface area contributed by atoms with Crippen LogP contribution in [0.15, 0.2) is 47.4 Å². The Morgan fingerprint density at radius 1 is 1.09 bits per heavy atom. The van der Waals surface area contributed by atoms with Crippen LogP contribution >= 0.6 is 0 Å². The molecule has 1 fully saturated rings. The first-order valence-electron chi connectivity index (χ1n) is 10.1. The zero-order valence-electron chi connectivity index (χ0n) is 17.8. The Labute approximate surface area is 186 Å². The molecule has 0 unspecified atom stereocenters. The average Bonchev–Trinajstić information content (AvgIpc) is 2.80. The third kappa shape index (κ3) is 5.13. The van der Waals surface area contributed by atoms with Crippen molar-refractivity contribution in [2.75, 3.05) is 27.2 Å². The molecule has 10 heteroatoms. The molecule has 1 N–H and O–H groups in total. The molecule has 2 amide bonds. The van der Waals surface area contributed by atoms with E-state index in [9.17, 15) is 26.8 Å². The van der Waals surface area contributed by atoms with Gasteiger partial charge >= 0.3 is 0 Å². The van der Waals surface area contributed by atoms with Crippen molar-refractivity contribution in [1.82, 2.24) is 14.5 Å². The van der Waals surface area contributed by atoms with E-state index in [4.69, 9.17) is 0 Å². The highest BCUT2D eigenvalue weighted by molar-refractivity contribution is 7.89. The molecule has 1 aliphatic heterocycles. The number of piperidine rings is 1. The molecule has 172 valence electrons. The lowest BCUT2D eigenvalue weighted by molar-refractivity contribution is -0.135. The van der Waals surface area contributed by atoms with Gasteiger partial charge in [-0.1, -0.05) is 12.1 Å². The van der Waals surface area contributed by atoms with Gasteiger partial charge in [-0.25, -0.2) is 17.2 Å². The fourth-order valence-corrected chi connectivity index (χ4v) is 5.27. The van der Waals surface area contributed by atoms with Gasteiger partial charge in [-0.15, -0.1) is 0 Å². The second-order valence-corrected chi connectivity index (χ2v) is 9.63. The Kier molecular flexibility index (Phi) is 7.25. The van der Waals surface area contributed by atoms with Crippen LogP contribution in [0.4, 0.5) is 8.78 Å². The predicted octanol–water partition coefficient (Wildman–Crippen LogP) is 2.38. The van der Waals surface area contributed by atoms with Crippen LogP contribution in [0, 0.1) is 17.6 Å². The fourth-order valence-electron chi connectivity index (χ4n) is 3.73. The van der Waals surface area contributed by atoms with E-state index in [1.807, 2.05) is 0 Å². The van der Waals surface area contributed by atoms with Crippen LogP contribution in [0.25, 0.3) is 0 Å². The number of carbonyl (C=O) groups excluding carboxylic acids is 2. The van der Waals surface area contributed by atoms with E-state index in [0.29, 0.717) is 18.2 Å². The molecular weight excluding hydrogens is 440 g/mol. The summed E-state index contributed by atoms with van der Waals surface area (Å²) in [6.07, 6.45) is 0.573. The zero-order chi connectivity index (χ0) is 23.5. The Morgan fingerprint density at radius 2 is 1.72 bits per heavy atom. The molecule has 0 saturated carbocycles. The molecule has 0 bridgehead atoms. The van der Waals surface area contributed by atoms with Crippen LogP contribution in [0.2, 0.25) is 0 Å². The number of sulfonamides is 1. The Hall–Kier alpha value is -2.85. The topological polar surface area (TPSA) is 86.8 Å². The van der Waals surface area contributed by atoms with Crippen molar-refractivity contribution in [3.05, 3.63) is 65.2 Å². The maximum Gasteiger partial charge on any atom is 0.251 e. The van der Waals surface area contributed by atoms with Crippen LogP contribution in [0.1, 0.15) is 28.8 Å². The fraction of sp³-hybridized carbons (Fsp3) is 0.364. The number of hydrogen-bond donors (Lipinski definition) is 1. The molecular formula is C22H25F2N3O4S. The molecule has 3 rings (SSSR count). The van der Waals surface area contributed by atoms with Crippen LogP contribution in [0.5, 0.6) is 0 Å². The number of rotatable bonds is 6. The van der Waals surface area contributed by atoms with Crippen molar-refractivity contribution in [2.24, 2.45) is 5.92 Å². The number of hydrogen-bond acceptors (Lipinski definition) is 4. The summed E-state index contributed by atoms with van der Waals surface area (Å²) in [6, 6.07) is 9.23. The van der Waals surface area contributed by atoms with Gasteiger partial charge in [-0.05, 0) is 48.7 Å². The molecule has 2 aromatic carbocycles. The summed E-state index contributed by atoms with van der Waals surface area (Å²) in [6.45, 7) is 0.437. The molecule has 2 aromatic rings. The number of carbonyl (C=O) groups is 2.